The number of alkyl halides is 3. The van der Waals surface area contributed by atoms with E-state index in [2.05, 4.69) is 10.1 Å². The summed E-state index contributed by atoms with van der Waals surface area (Å²) in [7, 11) is 0. The maximum Gasteiger partial charge on any atom is 0.433 e. The topological polar surface area (TPSA) is 80.6 Å². The molecule has 5 nitrogen and oxygen atoms in total. The summed E-state index contributed by atoms with van der Waals surface area (Å²) in [6.45, 7) is 0. The fraction of sp³-hybridized carbons (Fsp3) is 0.308. The summed E-state index contributed by atoms with van der Waals surface area (Å²) in [6.07, 6.45) is -0.946. The number of hydrogen-bond donors (Lipinski definition) is 2. The van der Waals surface area contributed by atoms with E-state index < -0.39 is 11.9 Å². The van der Waals surface area contributed by atoms with Crippen molar-refractivity contribution < 1.29 is 13.2 Å². The number of nitrogens with one attached hydrogen (secondary N) is 1. The highest BCUT2D eigenvalue weighted by molar-refractivity contribution is 5.97. The summed E-state index contributed by atoms with van der Waals surface area (Å²) >= 11 is 0. The van der Waals surface area contributed by atoms with Crippen LogP contribution >= 0.6 is 0 Å². The van der Waals surface area contributed by atoms with Gasteiger partial charge < -0.3 is 5.73 Å². The van der Waals surface area contributed by atoms with E-state index in [1.54, 1.807) is 12.3 Å². The zero-order valence-corrected chi connectivity index (χ0v) is 10.9. The third kappa shape index (κ3) is 2.61. The third-order valence-electron chi connectivity index (χ3n) is 3.28. The van der Waals surface area contributed by atoms with Crippen LogP contribution in [-0.4, -0.2) is 20.6 Å². The van der Waals surface area contributed by atoms with Crippen LogP contribution in [0, 0.1) is 5.41 Å². The van der Waals surface area contributed by atoms with E-state index in [4.69, 9.17) is 11.1 Å². The van der Waals surface area contributed by atoms with Gasteiger partial charge in [0.1, 0.15) is 11.5 Å². The second-order valence-corrected chi connectivity index (χ2v) is 4.94. The molecule has 3 rings (SSSR count). The lowest BCUT2D eigenvalue weighted by atomic mass is 10.2. The molecule has 2 heterocycles. The molecule has 0 bridgehead atoms. The number of pyridine rings is 1. The lowest BCUT2D eigenvalue weighted by Crippen LogP contribution is -2.19. The van der Waals surface area contributed by atoms with Gasteiger partial charge in [0, 0.05) is 12.1 Å². The highest BCUT2D eigenvalue weighted by Crippen LogP contribution is 2.39. The molecule has 0 aromatic carbocycles. The summed E-state index contributed by atoms with van der Waals surface area (Å²) in [5.74, 6) is -0.0586. The van der Waals surface area contributed by atoms with Crippen LogP contribution < -0.4 is 5.73 Å². The molecule has 0 spiro atoms. The van der Waals surface area contributed by atoms with Crippen LogP contribution in [0.1, 0.15) is 35.7 Å². The quantitative estimate of drug-likeness (QED) is 0.674. The average Bonchev–Trinajstić information content (AvgIpc) is 3.15. The monoisotopic (exact) mass is 295 g/mol. The molecular formula is C13H12F3N5. The Balaban J connectivity index is 2.10. The molecule has 0 aliphatic heterocycles. The lowest BCUT2D eigenvalue weighted by molar-refractivity contribution is -0.141. The number of hydrogen-bond acceptors (Lipinski definition) is 3. The molecule has 0 amide bonds. The van der Waals surface area contributed by atoms with E-state index in [1.807, 2.05) is 0 Å². The van der Waals surface area contributed by atoms with Crippen molar-refractivity contribution in [3.8, 4) is 5.82 Å². The number of halogens is 3. The van der Waals surface area contributed by atoms with Crippen LogP contribution in [0.4, 0.5) is 13.2 Å². The number of nitrogens with two attached hydrogens (primary N) is 1. The number of nitrogen functional groups attached to an aromatic ring is 1. The number of nitrogens with zero attached hydrogens (tertiary/aromatic N) is 3. The molecule has 110 valence electrons. The second kappa shape index (κ2) is 4.57. The molecular weight excluding hydrogens is 283 g/mol. The molecule has 0 saturated heterocycles. The molecule has 1 saturated carbocycles. The molecule has 2 aromatic heterocycles. The van der Waals surface area contributed by atoms with Crippen LogP contribution in [0.25, 0.3) is 5.82 Å². The summed E-state index contributed by atoms with van der Waals surface area (Å²) < 4.78 is 39.6. The SMILES string of the molecule is N=C(N)c1ccc(C(F)(F)F)nc1-n1ccc(C2CC2)n1. The fourth-order valence-electron chi connectivity index (χ4n) is 2.04. The van der Waals surface area contributed by atoms with E-state index in [9.17, 15) is 13.2 Å². The first kappa shape index (κ1) is 13.6. The maximum atomic E-state index is 12.8. The van der Waals surface area contributed by atoms with Crippen molar-refractivity contribution in [3.63, 3.8) is 0 Å². The molecule has 2 aromatic rings. The van der Waals surface area contributed by atoms with Crippen LogP contribution in [0.2, 0.25) is 0 Å². The Bertz CT molecular complexity index is 700. The minimum absolute atomic E-state index is 0.0794. The summed E-state index contributed by atoms with van der Waals surface area (Å²) in [4.78, 5) is 3.58. The average molecular weight is 295 g/mol. The van der Waals surface area contributed by atoms with Crippen molar-refractivity contribution >= 4 is 5.84 Å². The number of aromatic nitrogens is 3. The van der Waals surface area contributed by atoms with Crippen LogP contribution in [0.3, 0.4) is 0 Å². The Morgan fingerprint density at radius 2 is 2.00 bits per heavy atom. The largest absolute Gasteiger partial charge is 0.433 e. The molecule has 1 aliphatic rings. The molecule has 0 radical (unpaired) electrons. The van der Waals surface area contributed by atoms with Gasteiger partial charge in [0.25, 0.3) is 0 Å². The van der Waals surface area contributed by atoms with Gasteiger partial charge in [-0.1, -0.05) is 0 Å². The molecule has 1 fully saturated rings. The van der Waals surface area contributed by atoms with E-state index in [1.165, 1.54) is 4.68 Å². The van der Waals surface area contributed by atoms with Crippen LogP contribution in [-0.2, 0) is 6.18 Å². The minimum Gasteiger partial charge on any atom is -0.384 e. The highest BCUT2D eigenvalue weighted by atomic mass is 19.4. The van der Waals surface area contributed by atoms with Crippen LogP contribution in [0.15, 0.2) is 24.4 Å². The molecule has 8 heteroatoms. The Kier molecular flexibility index (Phi) is 2.96. The van der Waals surface area contributed by atoms with Crippen molar-refractivity contribution in [1.29, 1.82) is 5.41 Å². The second-order valence-electron chi connectivity index (χ2n) is 4.94. The smallest absolute Gasteiger partial charge is 0.384 e. The van der Waals surface area contributed by atoms with Gasteiger partial charge in [0.15, 0.2) is 5.82 Å². The van der Waals surface area contributed by atoms with Gasteiger partial charge in [-0.25, -0.2) is 9.67 Å². The maximum absolute atomic E-state index is 12.8. The van der Waals surface area contributed by atoms with E-state index in [0.717, 1.165) is 30.7 Å². The first-order chi connectivity index (χ1) is 9.86. The Hall–Kier alpha value is -2.38. The van der Waals surface area contributed by atoms with Gasteiger partial charge in [-0.05, 0) is 31.0 Å². The number of amidine groups is 1. The first-order valence-electron chi connectivity index (χ1n) is 6.35. The van der Waals surface area contributed by atoms with Gasteiger partial charge in [-0.3, -0.25) is 5.41 Å². The summed E-state index contributed by atoms with van der Waals surface area (Å²) in [5.41, 5.74) is 5.32. The Morgan fingerprint density at radius 3 is 2.57 bits per heavy atom. The van der Waals surface area contributed by atoms with Gasteiger partial charge in [0.2, 0.25) is 0 Å². The van der Waals surface area contributed by atoms with Crippen molar-refractivity contribution in [3.05, 3.63) is 41.3 Å². The van der Waals surface area contributed by atoms with E-state index >= 15 is 0 Å². The number of rotatable bonds is 3. The molecule has 0 atom stereocenters. The minimum atomic E-state index is -4.56. The zero-order chi connectivity index (χ0) is 15.2. The standard InChI is InChI=1S/C13H12F3N5/c14-13(15,16)10-4-3-8(11(17)18)12(19-10)21-6-5-9(20-21)7-1-2-7/h3-7H,1-2H2,(H3,17,18). The van der Waals surface area contributed by atoms with Crippen molar-refractivity contribution in [2.75, 3.05) is 0 Å². The predicted octanol–water partition coefficient (Wildman–Crippen LogP) is 2.45. The summed E-state index contributed by atoms with van der Waals surface area (Å²) in [6, 6.07) is 3.71. The molecule has 3 N–H and O–H groups in total. The lowest BCUT2D eigenvalue weighted by Gasteiger charge is -2.11. The van der Waals surface area contributed by atoms with E-state index in [0.29, 0.717) is 5.92 Å². The molecule has 0 unspecified atom stereocenters. The first-order valence-corrected chi connectivity index (χ1v) is 6.35. The highest BCUT2D eigenvalue weighted by Gasteiger charge is 2.34. The van der Waals surface area contributed by atoms with Crippen molar-refractivity contribution in [2.45, 2.75) is 24.9 Å². The zero-order valence-electron chi connectivity index (χ0n) is 10.9. The fourth-order valence-corrected chi connectivity index (χ4v) is 2.04. The Labute approximate surface area is 118 Å². The molecule has 1 aliphatic carbocycles. The normalized spacial score (nSPS) is 15.2. The van der Waals surface area contributed by atoms with Crippen molar-refractivity contribution in [1.82, 2.24) is 14.8 Å². The van der Waals surface area contributed by atoms with Crippen LogP contribution in [0.5, 0.6) is 0 Å². The third-order valence-corrected chi connectivity index (χ3v) is 3.28. The van der Waals surface area contributed by atoms with Gasteiger partial charge >= 0.3 is 6.18 Å². The summed E-state index contributed by atoms with van der Waals surface area (Å²) in [5, 5.41) is 11.7. The van der Waals surface area contributed by atoms with Gasteiger partial charge in [0.05, 0.1) is 11.3 Å². The van der Waals surface area contributed by atoms with Gasteiger partial charge in [-0.15, -0.1) is 0 Å². The van der Waals surface area contributed by atoms with Crippen molar-refractivity contribution in [2.24, 2.45) is 5.73 Å². The molecule has 21 heavy (non-hydrogen) atoms. The predicted molar refractivity (Wildman–Crippen MR) is 69.4 cm³/mol. The Morgan fingerprint density at radius 1 is 1.29 bits per heavy atom. The van der Waals surface area contributed by atoms with Gasteiger partial charge in [-0.2, -0.15) is 18.3 Å². The van der Waals surface area contributed by atoms with E-state index in [-0.39, 0.29) is 17.2 Å².